The third kappa shape index (κ3) is 2.93. The van der Waals surface area contributed by atoms with Crippen LogP contribution in [-0.2, 0) is 0 Å². The zero-order valence-electron chi connectivity index (χ0n) is 11.5. The molecule has 0 atom stereocenters. The first-order chi connectivity index (χ1) is 9.13. The summed E-state index contributed by atoms with van der Waals surface area (Å²) in [5.41, 5.74) is 0.879. The number of ether oxygens (including phenoxy) is 2. The molecule has 0 aliphatic rings. The van der Waals surface area contributed by atoms with Gasteiger partial charge in [-0.15, -0.1) is 0 Å². The van der Waals surface area contributed by atoms with Crippen LogP contribution in [0, 0.1) is 13.8 Å². The van der Waals surface area contributed by atoms with Crippen molar-refractivity contribution in [2.24, 2.45) is 0 Å². The first kappa shape index (κ1) is 13.1. The van der Waals surface area contributed by atoms with Gasteiger partial charge in [-0.2, -0.15) is 4.98 Å². The van der Waals surface area contributed by atoms with Crippen molar-refractivity contribution in [3.05, 3.63) is 35.7 Å². The van der Waals surface area contributed by atoms with Crippen LogP contribution in [0.2, 0.25) is 0 Å². The van der Waals surface area contributed by atoms with Crippen LogP contribution in [0.1, 0.15) is 11.4 Å². The SMILES string of the molecule is CNc1nc(C)nc(Oc2ccc(OC)cc2)c1C. The molecule has 2 aromatic rings. The molecule has 5 nitrogen and oxygen atoms in total. The van der Waals surface area contributed by atoms with E-state index in [9.17, 15) is 0 Å². The van der Waals surface area contributed by atoms with Crippen LogP contribution in [0.25, 0.3) is 0 Å². The molecule has 0 radical (unpaired) electrons. The Morgan fingerprint density at radius 3 is 2.21 bits per heavy atom. The number of hydrogen-bond donors (Lipinski definition) is 1. The Labute approximate surface area is 112 Å². The molecule has 0 bridgehead atoms. The van der Waals surface area contributed by atoms with Gasteiger partial charge < -0.3 is 14.8 Å². The lowest BCUT2D eigenvalue weighted by molar-refractivity contribution is 0.412. The fourth-order valence-electron chi connectivity index (χ4n) is 1.70. The van der Waals surface area contributed by atoms with E-state index in [1.165, 1.54) is 0 Å². The van der Waals surface area contributed by atoms with Crippen LogP contribution < -0.4 is 14.8 Å². The number of aromatic nitrogens is 2. The molecule has 0 spiro atoms. The van der Waals surface area contributed by atoms with Crippen molar-refractivity contribution >= 4 is 5.82 Å². The first-order valence-electron chi connectivity index (χ1n) is 5.99. The highest BCUT2D eigenvalue weighted by atomic mass is 16.5. The van der Waals surface area contributed by atoms with E-state index in [0.717, 1.165) is 17.1 Å². The van der Waals surface area contributed by atoms with Gasteiger partial charge in [0.2, 0.25) is 5.88 Å². The van der Waals surface area contributed by atoms with E-state index < -0.39 is 0 Å². The number of nitrogens with one attached hydrogen (secondary N) is 1. The molecule has 0 unspecified atom stereocenters. The molecular formula is C14H17N3O2. The summed E-state index contributed by atoms with van der Waals surface area (Å²) in [6.07, 6.45) is 0. The molecule has 0 fully saturated rings. The highest BCUT2D eigenvalue weighted by molar-refractivity contribution is 5.49. The summed E-state index contributed by atoms with van der Waals surface area (Å²) in [6, 6.07) is 7.37. The fraction of sp³-hybridized carbons (Fsp3) is 0.286. The Morgan fingerprint density at radius 1 is 1.00 bits per heavy atom. The van der Waals surface area contributed by atoms with E-state index in [-0.39, 0.29) is 0 Å². The second kappa shape index (κ2) is 5.56. The maximum Gasteiger partial charge on any atom is 0.227 e. The number of methoxy groups -OCH3 is 1. The lowest BCUT2D eigenvalue weighted by Crippen LogP contribution is -2.02. The average Bonchev–Trinajstić information content (AvgIpc) is 2.43. The number of anilines is 1. The molecule has 1 heterocycles. The van der Waals surface area contributed by atoms with Crippen molar-refractivity contribution in [2.45, 2.75) is 13.8 Å². The average molecular weight is 259 g/mol. The quantitative estimate of drug-likeness (QED) is 0.914. The summed E-state index contributed by atoms with van der Waals surface area (Å²) in [6.45, 7) is 3.76. The zero-order chi connectivity index (χ0) is 13.8. The van der Waals surface area contributed by atoms with Crippen LogP contribution in [0.5, 0.6) is 17.4 Å². The van der Waals surface area contributed by atoms with Crippen molar-refractivity contribution in [1.29, 1.82) is 0 Å². The van der Waals surface area contributed by atoms with Crippen LogP contribution in [0.4, 0.5) is 5.82 Å². The zero-order valence-corrected chi connectivity index (χ0v) is 11.5. The van der Waals surface area contributed by atoms with E-state index in [1.54, 1.807) is 7.11 Å². The standard InChI is InChI=1S/C14H17N3O2/c1-9-13(15-3)16-10(2)17-14(9)19-12-7-5-11(18-4)6-8-12/h5-8H,1-4H3,(H,15,16,17). The van der Waals surface area contributed by atoms with Gasteiger partial charge in [0, 0.05) is 7.05 Å². The van der Waals surface area contributed by atoms with Gasteiger partial charge in [-0.25, -0.2) is 4.98 Å². The van der Waals surface area contributed by atoms with Gasteiger partial charge in [-0.05, 0) is 38.1 Å². The number of benzene rings is 1. The Balaban J connectivity index is 2.29. The molecule has 0 aliphatic carbocycles. The van der Waals surface area contributed by atoms with E-state index in [2.05, 4.69) is 15.3 Å². The summed E-state index contributed by atoms with van der Waals surface area (Å²) in [5.74, 6) is 3.50. The lowest BCUT2D eigenvalue weighted by atomic mass is 10.3. The topological polar surface area (TPSA) is 56.3 Å². The summed E-state index contributed by atoms with van der Waals surface area (Å²) < 4.78 is 10.9. The van der Waals surface area contributed by atoms with E-state index in [4.69, 9.17) is 9.47 Å². The summed E-state index contributed by atoms with van der Waals surface area (Å²) >= 11 is 0. The van der Waals surface area contributed by atoms with Gasteiger partial charge in [-0.3, -0.25) is 0 Å². The van der Waals surface area contributed by atoms with Gasteiger partial charge in [0.25, 0.3) is 0 Å². The van der Waals surface area contributed by atoms with Gasteiger partial charge in [0.05, 0.1) is 12.7 Å². The Hall–Kier alpha value is -2.30. The highest BCUT2D eigenvalue weighted by Gasteiger charge is 2.10. The van der Waals surface area contributed by atoms with Gasteiger partial charge >= 0.3 is 0 Å². The molecule has 0 amide bonds. The largest absolute Gasteiger partial charge is 0.497 e. The highest BCUT2D eigenvalue weighted by Crippen LogP contribution is 2.27. The van der Waals surface area contributed by atoms with E-state index >= 15 is 0 Å². The predicted octanol–water partition coefficient (Wildman–Crippen LogP) is 2.94. The van der Waals surface area contributed by atoms with Crippen LogP contribution in [0.15, 0.2) is 24.3 Å². The third-order valence-electron chi connectivity index (χ3n) is 2.72. The molecule has 0 saturated carbocycles. The number of nitrogens with zero attached hydrogens (tertiary/aromatic N) is 2. The molecule has 1 aromatic carbocycles. The number of hydrogen-bond acceptors (Lipinski definition) is 5. The fourth-order valence-corrected chi connectivity index (χ4v) is 1.70. The number of aryl methyl sites for hydroxylation is 1. The van der Waals surface area contributed by atoms with Crippen LogP contribution in [-0.4, -0.2) is 24.1 Å². The maximum atomic E-state index is 5.79. The molecule has 100 valence electrons. The minimum absolute atomic E-state index is 0.557. The molecule has 1 aromatic heterocycles. The summed E-state index contributed by atoms with van der Waals surface area (Å²) in [7, 11) is 3.46. The maximum absolute atomic E-state index is 5.79. The predicted molar refractivity (Wildman–Crippen MR) is 74.1 cm³/mol. The van der Waals surface area contributed by atoms with Gasteiger partial charge in [-0.1, -0.05) is 0 Å². The van der Waals surface area contributed by atoms with Crippen molar-refractivity contribution in [3.8, 4) is 17.4 Å². The summed E-state index contributed by atoms with van der Waals surface area (Å²) in [4.78, 5) is 8.61. The minimum atomic E-state index is 0.557. The van der Waals surface area contributed by atoms with Crippen molar-refractivity contribution in [2.75, 3.05) is 19.5 Å². The van der Waals surface area contributed by atoms with Crippen LogP contribution in [0.3, 0.4) is 0 Å². The minimum Gasteiger partial charge on any atom is -0.497 e. The smallest absolute Gasteiger partial charge is 0.227 e. The monoisotopic (exact) mass is 259 g/mol. The Kier molecular flexibility index (Phi) is 3.85. The molecule has 2 rings (SSSR count). The normalized spacial score (nSPS) is 10.1. The summed E-state index contributed by atoms with van der Waals surface area (Å²) in [5, 5.41) is 3.03. The first-order valence-corrected chi connectivity index (χ1v) is 5.99. The molecule has 19 heavy (non-hydrogen) atoms. The van der Waals surface area contributed by atoms with E-state index in [1.807, 2.05) is 45.2 Å². The molecular weight excluding hydrogens is 242 g/mol. The molecule has 1 N–H and O–H groups in total. The van der Waals surface area contributed by atoms with Gasteiger partial charge in [0.1, 0.15) is 23.1 Å². The molecule has 0 aliphatic heterocycles. The van der Waals surface area contributed by atoms with E-state index in [0.29, 0.717) is 17.5 Å². The second-order valence-electron chi connectivity index (χ2n) is 4.08. The Morgan fingerprint density at radius 2 is 1.63 bits per heavy atom. The number of rotatable bonds is 4. The van der Waals surface area contributed by atoms with Crippen LogP contribution >= 0.6 is 0 Å². The third-order valence-corrected chi connectivity index (χ3v) is 2.72. The van der Waals surface area contributed by atoms with Crippen molar-refractivity contribution in [3.63, 3.8) is 0 Å². The molecule has 5 heteroatoms. The van der Waals surface area contributed by atoms with Gasteiger partial charge in [0.15, 0.2) is 0 Å². The Bertz CT molecular complexity index is 568. The molecule has 0 saturated heterocycles. The van der Waals surface area contributed by atoms with Crippen molar-refractivity contribution in [1.82, 2.24) is 9.97 Å². The second-order valence-corrected chi connectivity index (χ2v) is 4.08. The van der Waals surface area contributed by atoms with Crippen molar-refractivity contribution < 1.29 is 9.47 Å². The lowest BCUT2D eigenvalue weighted by Gasteiger charge is -2.11.